The summed E-state index contributed by atoms with van der Waals surface area (Å²) in [7, 11) is 0. The van der Waals surface area contributed by atoms with Crippen LogP contribution in [-0.4, -0.2) is 30.1 Å². The van der Waals surface area contributed by atoms with E-state index in [1.807, 2.05) is 36.9 Å². The minimum absolute atomic E-state index is 0.0114. The SMILES string of the molecule is CC(C)N1CCN(c2ccccc2C#N)C1=O. The number of nitrogens with zero attached hydrogens (tertiary/aromatic N) is 3. The third-order valence-corrected chi connectivity index (χ3v) is 2.98. The second-order valence-corrected chi connectivity index (χ2v) is 4.35. The van der Waals surface area contributed by atoms with E-state index >= 15 is 0 Å². The number of carbonyl (C=O) groups excluding carboxylic acids is 1. The standard InChI is InChI=1S/C13H15N3O/c1-10(2)15-7-8-16(13(15)17)12-6-4-3-5-11(12)9-14/h3-6,10H,7-8H2,1-2H3. The summed E-state index contributed by atoms with van der Waals surface area (Å²) in [5.41, 5.74) is 1.26. The van der Waals surface area contributed by atoms with Crippen molar-refractivity contribution in [3.05, 3.63) is 29.8 Å². The second kappa shape index (κ2) is 4.46. The molecule has 0 unspecified atom stereocenters. The Morgan fingerprint density at radius 1 is 1.29 bits per heavy atom. The zero-order valence-corrected chi connectivity index (χ0v) is 10.1. The van der Waals surface area contributed by atoms with Crippen LogP contribution in [0.2, 0.25) is 0 Å². The first-order chi connectivity index (χ1) is 8.15. The van der Waals surface area contributed by atoms with Crippen LogP contribution < -0.4 is 4.90 Å². The third kappa shape index (κ3) is 1.96. The summed E-state index contributed by atoms with van der Waals surface area (Å²) < 4.78 is 0. The Balaban J connectivity index is 2.31. The monoisotopic (exact) mass is 229 g/mol. The lowest BCUT2D eigenvalue weighted by molar-refractivity contribution is 0.209. The summed E-state index contributed by atoms with van der Waals surface area (Å²) >= 11 is 0. The van der Waals surface area contributed by atoms with Gasteiger partial charge in [0.2, 0.25) is 0 Å². The smallest absolute Gasteiger partial charge is 0.320 e. The number of carbonyl (C=O) groups is 1. The van der Waals surface area contributed by atoms with E-state index in [-0.39, 0.29) is 12.1 Å². The molecule has 0 aliphatic carbocycles. The molecule has 1 aliphatic rings. The Kier molecular flexibility index (Phi) is 3.01. The largest absolute Gasteiger partial charge is 0.324 e. The van der Waals surface area contributed by atoms with Gasteiger partial charge in [-0.05, 0) is 26.0 Å². The molecule has 2 rings (SSSR count). The number of hydrogen-bond acceptors (Lipinski definition) is 2. The van der Waals surface area contributed by atoms with Crippen LogP contribution in [0.4, 0.5) is 10.5 Å². The average molecular weight is 229 g/mol. The van der Waals surface area contributed by atoms with Gasteiger partial charge in [-0.2, -0.15) is 5.26 Å². The Morgan fingerprint density at radius 2 is 2.00 bits per heavy atom. The van der Waals surface area contributed by atoms with Crippen molar-refractivity contribution in [2.24, 2.45) is 0 Å². The number of anilines is 1. The van der Waals surface area contributed by atoms with Gasteiger partial charge in [-0.25, -0.2) is 4.79 Å². The van der Waals surface area contributed by atoms with Gasteiger partial charge in [0.25, 0.3) is 0 Å². The molecule has 88 valence electrons. The van der Waals surface area contributed by atoms with E-state index in [1.165, 1.54) is 0 Å². The van der Waals surface area contributed by atoms with Gasteiger partial charge in [-0.3, -0.25) is 4.90 Å². The molecule has 0 spiro atoms. The zero-order chi connectivity index (χ0) is 12.4. The van der Waals surface area contributed by atoms with E-state index in [4.69, 9.17) is 5.26 Å². The van der Waals surface area contributed by atoms with E-state index in [0.29, 0.717) is 17.8 Å². The lowest BCUT2D eigenvalue weighted by atomic mass is 10.2. The molecule has 1 aromatic carbocycles. The Hall–Kier alpha value is -2.02. The van der Waals surface area contributed by atoms with Crippen molar-refractivity contribution in [3.63, 3.8) is 0 Å². The summed E-state index contributed by atoms with van der Waals surface area (Å²) in [6.45, 7) is 5.36. The molecule has 0 saturated carbocycles. The van der Waals surface area contributed by atoms with Gasteiger partial charge in [0.05, 0.1) is 11.3 Å². The first-order valence-electron chi connectivity index (χ1n) is 5.72. The zero-order valence-electron chi connectivity index (χ0n) is 10.1. The van der Waals surface area contributed by atoms with E-state index < -0.39 is 0 Å². The number of amides is 2. The highest BCUT2D eigenvalue weighted by molar-refractivity contribution is 5.95. The maximum Gasteiger partial charge on any atom is 0.324 e. The average Bonchev–Trinajstić information content (AvgIpc) is 2.71. The first kappa shape index (κ1) is 11.5. The van der Waals surface area contributed by atoms with Crippen LogP contribution in [-0.2, 0) is 0 Å². The Labute approximate surface area is 101 Å². The molecule has 4 heteroatoms. The molecule has 1 aromatic rings. The molecule has 0 radical (unpaired) electrons. The number of nitriles is 1. The number of para-hydroxylation sites is 1. The molecule has 0 N–H and O–H groups in total. The number of rotatable bonds is 2. The maximum atomic E-state index is 12.2. The third-order valence-electron chi connectivity index (χ3n) is 2.98. The van der Waals surface area contributed by atoms with E-state index in [1.54, 1.807) is 11.0 Å². The van der Waals surface area contributed by atoms with Crippen LogP contribution in [0.3, 0.4) is 0 Å². The summed E-state index contributed by atoms with van der Waals surface area (Å²) in [6.07, 6.45) is 0. The first-order valence-corrected chi connectivity index (χ1v) is 5.72. The summed E-state index contributed by atoms with van der Waals surface area (Å²) in [6, 6.07) is 9.52. The Bertz CT molecular complexity index is 476. The highest BCUT2D eigenvalue weighted by atomic mass is 16.2. The van der Waals surface area contributed by atoms with Crippen molar-refractivity contribution in [2.75, 3.05) is 18.0 Å². The van der Waals surface area contributed by atoms with Crippen LogP contribution in [0, 0.1) is 11.3 Å². The normalized spacial score (nSPS) is 15.5. The van der Waals surface area contributed by atoms with Crippen molar-refractivity contribution < 1.29 is 4.79 Å². The highest BCUT2D eigenvalue weighted by Gasteiger charge is 2.31. The predicted octanol–water partition coefficient (Wildman–Crippen LogP) is 2.21. The van der Waals surface area contributed by atoms with Crippen LogP contribution in [0.1, 0.15) is 19.4 Å². The van der Waals surface area contributed by atoms with Crippen LogP contribution >= 0.6 is 0 Å². The van der Waals surface area contributed by atoms with Gasteiger partial charge in [-0.15, -0.1) is 0 Å². The van der Waals surface area contributed by atoms with E-state index in [9.17, 15) is 4.79 Å². The minimum Gasteiger partial charge on any atom is -0.320 e. The second-order valence-electron chi connectivity index (χ2n) is 4.35. The molecule has 4 nitrogen and oxygen atoms in total. The quantitative estimate of drug-likeness (QED) is 0.780. The van der Waals surface area contributed by atoms with Crippen LogP contribution in [0.25, 0.3) is 0 Å². The van der Waals surface area contributed by atoms with Gasteiger partial charge >= 0.3 is 6.03 Å². The van der Waals surface area contributed by atoms with Crippen LogP contribution in [0.15, 0.2) is 24.3 Å². The van der Waals surface area contributed by atoms with Gasteiger partial charge < -0.3 is 4.90 Å². The van der Waals surface area contributed by atoms with Gasteiger partial charge in [0.15, 0.2) is 0 Å². The number of benzene rings is 1. The van der Waals surface area contributed by atoms with Crippen molar-refractivity contribution >= 4 is 11.7 Å². The number of hydrogen-bond donors (Lipinski definition) is 0. The molecule has 1 saturated heterocycles. The lowest BCUT2D eigenvalue weighted by Gasteiger charge is -2.22. The summed E-state index contributed by atoms with van der Waals surface area (Å²) in [5, 5.41) is 9.04. The molecule has 2 amide bonds. The minimum atomic E-state index is -0.0114. The molecule has 0 atom stereocenters. The van der Waals surface area contributed by atoms with Crippen molar-refractivity contribution in [1.29, 1.82) is 5.26 Å². The molecule has 1 fully saturated rings. The van der Waals surface area contributed by atoms with Crippen molar-refractivity contribution in [3.8, 4) is 6.07 Å². The van der Waals surface area contributed by atoms with Crippen molar-refractivity contribution in [2.45, 2.75) is 19.9 Å². The molecule has 0 aromatic heterocycles. The predicted molar refractivity (Wildman–Crippen MR) is 65.7 cm³/mol. The molecular formula is C13H15N3O. The fourth-order valence-corrected chi connectivity index (χ4v) is 2.06. The number of urea groups is 1. The van der Waals surface area contributed by atoms with E-state index in [2.05, 4.69) is 6.07 Å². The van der Waals surface area contributed by atoms with Crippen LogP contribution in [0.5, 0.6) is 0 Å². The fraction of sp³-hybridized carbons (Fsp3) is 0.385. The highest BCUT2D eigenvalue weighted by Crippen LogP contribution is 2.24. The van der Waals surface area contributed by atoms with Gasteiger partial charge in [0.1, 0.15) is 6.07 Å². The van der Waals surface area contributed by atoms with Crippen molar-refractivity contribution in [1.82, 2.24) is 4.90 Å². The Morgan fingerprint density at radius 3 is 2.59 bits per heavy atom. The molecular weight excluding hydrogens is 214 g/mol. The fourth-order valence-electron chi connectivity index (χ4n) is 2.06. The summed E-state index contributed by atoms with van der Waals surface area (Å²) in [5.74, 6) is 0. The molecule has 1 aliphatic heterocycles. The molecule has 1 heterocycles. The van der Waals surface area contributed by atoms with Gasteiger partial charge in [-0.1, -0.05) is 12.1 Å². The van der Waals surface area contributed by atoms with E-state index in [0.717, 1.165) is 6.54 Å². The summed E-state index contributed by atoms with van der Waals surface area (Å²) in [4.78, 5) is 15.7. The van der Waals surface area contributed by atoms with Gasteiger partial charge in [0, 0.05) is 19.1 Å². The topological polar surface area (TPSA) is 47.3 Å². The lowest BCUT2D eigenvalue weighted by Crippen LogP contribution is -2.36. The molecule has 17 heavy (non-hydrogen) atoms. The maximum absolute atomic E-state index is 12.2. The molecule has 0 bridgehead atoms.